The minimum Gasteiger partial charge on any atom is -0.308 e. The summed E-state index contributed by atoms with van der Waals surface area (Å²) < 4.78 is 13.1. The summed E-state index contributed by atoms with van der Waals surface area (Å²) in [6.45, 7) is 1.87. The van der Waals surface area contributed by atoms with Crippen LogP contribution >= 0.6 is 0 Å². The highest BCUT2D eigenvalue weighted by molar-refractivity contribution is 5.99. The van der Waals surface area contributed by atoms with Crippen LogP contribution in [0, 0.1) is 12.7 Å². The molecule has 1 aromatic rings. The molecule has 104 valence electrons. The van der Waals surface area contributed by atoms with Gasteiger partial charge in [-0.15, -0.1) is 0 Å². The summed E-state index contributed by atoms with van der Waals surface area (Å²) in [5, 5.41) is 0. The quantitative estimate of drug-likeness (QED) is 0.283. The molecule has 19 heavy (non-hydrogen) atoms. The van der Waals surface area contributed by atoms with Crippen LogP contribution in [-0.2, 0) is 0 Å². The van der Waals surface area contributed by atoms with Crippen LogP contribution in [0.1, 0.15) is 49.7 Å². The zero-order valence-corrected chi connectivity index (χ0v) is 11.5. The molecule has 1 fully saturated rings. The average molecular weight is 263 g/mol. The summed E-state index contributed by atoms with van der Waals surface area (Å²) in [5.74, 6) is 6.03. The number of aryl methyl sites for hydroxylation is 1. The van der Waals surface area contributed by atoms with E-state index in [2.05, 4.69) is 5.43 Å². The highest BCUT2D eigenvalue weighted by atomic mass is 19.1. The van der Waals surface area contributed by atoms with Crippen molar-refractivity contribution < 1.29 is 4.39 Å². The molecule has 0 heterocycles. The van der Waals surface area contributed by atoms with E-state index in [0.717, 1.165) is 24.0 Å². The second kappa shape index (κ2) is 6.66. The minimum absolute atomic E-state index is 0.230. The Bertz CT molecular complexity index is 449. The van der Waals surface area contributed by atoms with E-state index in [1.54, 1.807) is 6.07 Å². The smallest absolute Gasteiger partial charge is 0.143 e. The standard InChI is InChI=1S/C15H22FN3/c1-11-10-12(16)8-9-14(11)15(19-17)18-13-6-4-2-3-5-7-13/h8-10,13H,2-7,17H2,1H3,(H,18,19). The Balaban J connectivity index is 2.22. The van der Waals surface area contributed by atoms with Crippen LogP contribution in [0.5, 0.6) is 0 Å². The molecule has 1 saturated carbocycles. The number of halogens is 1. The maximum Gasteiger partial charge on any atom is 0.143 e. The normalized spacial score (nSPS) is 18.2. The molecule has 3 nitrogen and oxygen atoms in total. The van der Waals surface area contributed by atoms with E-state index in [1.165, 1.54) is 37.8 Å². The first-order valence-electron chi connectivity index (χ1n) is 7.01. The zero-order chi connectivity index (χ0) is 13.7. The van der Waals surface area contributed by atoms with Crippen LogP contribution in [0.15, 0.2) is 23.2 Å². The molecular formula is C15H22FN3. The molecule has 1 aliphatic carbocycles. The lowest BCUT2D eigenvalue weighted by molar-refractivity contribution is 0.583. The predicted octanol–water partition coefficient (Wildman–Crippen LogP) is 3.07. The van der Waals surface area contributed by atoms with E-state index in [1.807, 2.05) is 6.92 Å². The minimum atomic E-state index is -0.230. The Morgan fingerprint density at radius 1 is 1.26 bits per heavy atom. The molecule has 0 unspecified atom stereocenters. The van der Waals surface area contributed by atoms with Crippen molar-refractivity contribution in [2.45, 2.75) is 51.5 Å². The fraction of sp³-hybridized carbons (Fsp3) is 0.533. The van der Waals surface area contributed by atoms with Crippen LogP contribution in [-0.4, -0.2) is 11.9 Å². The van der Waals surface area contributed by atoms with E-state index in [-0.39, 0.29) is 5.82 Å². The van der Waals surface area contributed by atoms with E-state index >= 15 is 0 Å². The van der Waals surface area contributed by atoms with E-state index < -0.39 is 0 Å². The first-order chi connectivity index (χ1) is 9.20. The Hall–Kier alpha value is -1.42. The molecule has 2 rings (SSSR count). The van der Waals surface area contributed by atoms with Gasteiger partial charge in [-0.25, -0.2) is 10.2 Å². The molecule has 0 radical (unpaired) electrons. The van der Waals surface area contributed by atoms with Gasteiger partial charge in [0.25, 0.3) is 0 Å². The largest absolute Gasteiger partial charge is 0.308 e. The van der Waals surface area contributed by atoms with Crippen molar-refractivity contribution in [3.8, 4) is 0 Å². The Labute approximate surface area is 114 Å². The number of nitrogens with one attached hydrogen (secondary N) is 1. The van der Waals surface area contributed by atoms with E-state index in [4.69, 9.17) is 10.8 Å². The molecule has 1 aromatic carbocycles. The number of hydrogen-bond acceptors (Lipinski definition) is 2. The highest BCUT2D eigenvalue weighted by Gasteiger charge is 2.14. The second-order valence-corrected chi connectivity index (χ2v) is 5.23. The average Bonchev–Trinajstić information content (AvgIpc) is 2.65. The summed E-state index contributed by atoms with van der Waals surface area (Å²) in [6, 6.07) is 5.02. The third-order valence-electron chi connectivity index (χ3n) is 3.72. The third-order valence-corrected chi connectivity index (χ3v) is 3.72. The molecule has 0 spiro atoms. The molecule has 4 heteroatoms. The van der Waals surface area contributed by atoms with Crippen molar-refractivity contribution in [3.63, 3.8) is 0 Å². The number of benzene rings is 1. The van der Waals surface area contributed by atoms with Gasteiger partial charge < -0.3 is 5.43 Å². The molecule has 0 aromatic heterocycles. The number of rotatable bonds is 2. The molecule has 0 saturated heterocycles. The molecule has 3 N–H and O–H groups in total. The van der Waals surface area contributed by atoms with Crippen LogP contribution < -0.4 is 11.3 Å². The van der Waals surface area contributed by atoms with Gasteiger partial charge >= 0.3 is 0 Å². The van der Waals surface area contributed by atoms with E-state index in [0.29, 0.717) is 11.9 Å². The van der Waals surface area contributed by atoms with Gasteiger partial charge in [0.1, 0.15) is 11.7 Å². The Kier molecular flexibility index (Phi) is 4.91. The third kappa shape index (κ3) is 3.77. The molecule has 0 atom stereocenters. The van der Waals surface area contributed by atoms with Gasteiger partial charge in [-0.3, -0.25) is 4.99 Å². The number of aliphatic imine (C=N–C) groups is 1. The van der Waals surface area contributed by atoms with Gasteiger partial charge in [-0.1, -0.05) is 25.7 Å². The van der Waals surface area contributed by atoms with Gasteiger partial charge in [-0.2, -0.15) is 0 Å². The number of amidine groups is 1. The van der Waals surface area contributed by atoms with Gasteiger partial charge in [0.15, 0.2) is 0 Å². The first-order valence-corrected chi connectivity index (χ1v) is 7.01. The topological polar surface area (TPSA) is 50.4 Å². The van der Waals surface area contributed by atoms with Crippen LogP contribution in [0.4, 0.5) is 4.39 Å². The van der Waals surface area contributed by atoms with Crippen LogP contribution in [0.3, 0.4) is 0 Å². The Morgan fingerprint density at radius 2 is 1.95 bits per heavy atom. The van der Waals surface area contributed by atoms with Crippen molar-refractivity contribution in [3.05, 3.63) is 35.1 Å². The molecule has 0 aliphatic heterocycles. The SMILES string of the molecule is Cc1cc(F)ccc1C(=NC1CCCCCC1)NN. The van der Waals surface area contributed by atoms with Crippen LogP contribution in [0.25, 0.3) is 0 Å². The lowest BCUT2D eigenvalue weighted by Crippen LogP contribution is -2.33. The van der Waals surface area contributed by atoms with E-state index in [9.17, 15) is 4.39 Å². The van der Waals surface area contributed by atoms with Crippen molar-refractivity contribution in [2.24, 2.45) is 10.8 Å². The maximum atomic E-state index is 13.1. The molecule has 0 amide bonds. The fourth-order valence-electron chi connectivity index (χ4n) is 2.65. The summed E-state index contributed by atoms with van der Waals surface area (Å²) in [5.41, 5.74) is 4.41. The first kappa shape index (κ1) is 14.0. The number of hydrazine groups is 1. The molecular weight excluding hydrogens is 241 g/mol. The monoisotopic (exact) mass is 263 g/mol. The lowest BCUT2D eigenvalue weighted by Gasteiger charge is -2.14. The number of nitrogens with zero attached hydrogens (tertiary/aromatic N) is 1. The maximum absolute atomic E-state index is 13.1. The second-order valence-electron chi connectivity index (χ2n) is 5.23. The van der Waals surface area contributed by atoms with Crippen molar-refractivity contribution >= 4 is 5.84 Å². The zero-order valence-electron chi connectivity index (χ0n) is 11.5. The van der Waals surface area contributed by atoms with Crippen molar-refractivity contribution in [1.29, 1.82) is 0 Å². The number of nitrogens with two attached hydrogens (primary N) is 1. The molecule has 0 bridgehead atoms. The fourth-order valence-corrected chi connectivity index (χ4v) is 2.65. The summed E-state index contributed by atoms with van der Waals surface area (Å²) in [6.07, 6.45) is 7.29. The number of hydrogen-bond donors (Lipinski definition) is 2. The van der Waals surface area contributed by atoms with Gasteiger partial charge in [0, 0.05) is 5.56 Å². The molecule has 1 aliphatic rings. The summed E-state index contributed by atoms with van der Waals surface area (Å²) in [7, 11) is 0. The van der Waals surface area contributed by atoms with Gasteiger partial charge in [-0.05, 0) is 43.5 Å². The van der Waals surface area contributed by atoms with Crippen LogP contribution in [0.2, 0.25) is 0 Å². The highest BCUT2D eigenvalue weighted by Crippen LogP contribution is 2.21. The van der Waals surface area contributed by atoms with Crippen molar-refractivity contribution in [2.75, 3.05) is 0 Å². The van der Waals surface area contributed by atoms with Gasteiger partial charge in [0.2, 0.25) is 0 Å². The lowest BCUT2D eigenvalue weighted by atomic mass is 10.1. The van der Waals surface area contributed by atoms with Gasteiger partial charge in [0.05, 0.1) is 6.04 Å². The summed E-state index contributed by atoms with van der Waals surface area (Å²) >= 11 is 0. The Morgan fingerprint density at radius 3 is 2.53 bits per heavy atom. The summed E-state index contributed by atoms with van der Waals surface area (Å²) in [4.78, 5) is 4.73. The predicted molar refractivity (Wildman–Crippen MR) is 76.5 cm³/mol. The van der Waals surface area contributed by atoms with Crippen molar-refractivity contribution in [1.82, 2.24) is 5.43 Å².